The van der Waals surface area contributed by atoms with Crippen LogP contribution in [0.3, 0.4) is 0 Å². The van der Waals surface area contributed by atoms with Crippen molar-refractivity contribution in [2.24, 2.45) is 5.73 Å². The highest BCUT2D eigenvalue weighted by Crippen LogP contribution is 2.33. The van der Waals surface area contributed by atoms with E-state index in [4.69, 9.17) is 25.4 Å². The van der Waals surface area contributed by atoms with E-state index < -0.39 is 6.04 Å². The number of nitrogens with one attached hydrogen (secondary N) is 4. The number of aromatic nitrogens is 1. The fourth-order valence-corrected chi connectivity index (χ4v) is 3.62. The molecule has 1 atom stereocenters. The number of benzene rings is 2. The van der Waals surface area contributed by atoms with Crippen molar-refractivity contribution < 1.29 is 19.0 Å². The van der Waals surface area contributed by atoms with Crippen LogP contribution in [-0.4, -0.2) is 43.7 Å². The highest BCUT2D eigenvalue weighted by molar-refractivity contribution is 5.95. The number of nitrogen functional groups attached to an aromatic ring is 1. The zero-order chi connectivity index (χ0) is 27.5. The first-order valence-electron chi connectivity index (χ1n) is 12.1. The van der Waals surface area contributed by atoms with Gasteiger partial charge in [-0.05, 0) is 67.4 Å². The Balaban J connectivity index is 1.87. The number of anilines is 1. The van der Waals surface area contributed by atoms with E-state index in [0.717, 1.165) is 16.8 Å². The lowest BCUT2D eigenvalue weighted by atomic mass is 10.0. The number of hydrogen-bond acceptors (Lipinski definition) is 8. The molecule has 0 aliphatic heterocycles. The van der Waals surface area contributed by atoms with Crippen molar-refractivity contribution in [3.05, 3.63) is 95.5 Å². The summed E-state index contributed by atoms with van der Waals surface area (Å²) in [7, 11) is 1.61. The number of amidine groups is 1. The lowest BCUT2D eigenvalue weighted by molar-refractivity contribution is 0.0937. The second-order valence-electron chi connectivity index (χ2n) is 8.34. The van der Waals surface area contributed by atoms with Crippen LogP contribution in [0.15, 0.2) is 73.2 Å². The number of amides is 1. The first-order valence-corrected chi connectivity index (χ1v) is 12.1. The van der Waals surface area contributed by atoms with E-state index in [1.165, 1.54) is 0 Å². The molecule has 2 aromatic carbocycles. The van der Waals surface area contributed by atoms with E-state index in [0.29, 0.717) is 48.1 Å². The van der Waals surface area contributed by atoms with Crippen LogP contribution in [-0.2, 0) is 4.74 Å². The maximum absolute atomic E-state index is 12.8. The molecule has 1 heterocycles. The van der Waals surface area contributed by atoms with Crippen LogP contribution >= 0.6 is 0 Å². The van der Waals surface area contributed by atoms with Crippen molar-refractivity contribution in [1.82, 2.24) is 15.8 Å². The quantitative estimate of drug-likeness (QED) is 0.0941. The van der Waals surface area contributed by atoms with E-state index in [1.54, 1.807) is 37.7 Å². The molecular weight excluding hydrogens is 484 g/mol. The van der Waals surface area contributed by atoms with Crippen LogP contribution in [0.4, 0.5) is 5.69 Å². The highest BCUT2D eigenvalue weighted by atomic mass is 16.5. The second-order valence-corrected chi connectivity index (χ2v) is 8.34. The van der Waals surface area contributed by atoms with Gasteiger partial charge in [-0.25, -0.2) is 0 Å². The summed E-state index contributed by atoms with van der Waals surface area (Å²) in [5.41, 5.74) is 15.2. The number of aryl methyl sites for hydroxylation is 1. The third-order valence-electron chi connectivity index (χ3n) is 5.60. The molecule has 3 aromatic rings. The number of methoxy groups -OCH3 is 1. The fraction of sp³-hybridized carbons (Fsp3) is 0.250. The molecule has 3 rings (SSSR count). The maximum Gasteiger partial charge on any atom is 0.269 e. The minimum Gasteiger partial charge on any atom is -0.490 e. The number of nitrogens with two attached hydrogens (primary N) is 1. The first kappa shape index (κ1) is 28.0. The monoisotopic (exact) mass is 518 g/mol. The molecule has 0 spiro atoms. The Kier molecular flexibility index (Phi) is 10.1. The Hall–Kier alpha value is -4.57. The minimum atomic E-state index is -0.482. The number of nitrogens with zero attached hydrogens (tertiary/aromatic N) is 1. The molecule has 10 heteroatoms. The molecule has 0 radical (unpaired) electrons. The van der Waals surface area contributed by atoms with Gasteiger partial charge in [-0.15, -0.1) is 0 Å². The van der Waals surface area contributed by atoms with Crippen LogP contribution in [0.2, 0.25) is 0 Å². The Bertz CT molecular complexity index is 1260. The maximum atomic E-state index is 12.8. The summed E-state index contributed by atoms with van der Waals surface area (Å²) in [4.78, 5) is 16.8. The van der Waals surface area contributed by atoms with Crippen molar-refractivity contribution in [1.29, 1.82) is 5.41 Å². The summed E-state index contributed by atoms with van der Waals surface area (Å²) in [6.07, 6.45) is 3.20. The second kappa shape index (κ2) is 13.7. The Morgan fingerprint density at radius 3 is 2.50 bits per heavy atom. The van der Waals surface area contributed by atoms with Crippen molar-refractivity contribution in [2.45, 2.75) is 19.9 Å². The van der Waals surface area contributed by atoms with Gasteiger partial charge in [0.05, 0.1) is 25.0 Å². The number of carbonyl (C=O) groups excluding carboxylic acids is 1. The van der Waals surface area contributed by atoms with E-state index in [1.807, 2.05) is 44.2 Å². The molecule has 38 heavy (non-hydrogen) atoms. The SMILES string of the molecule is C=C(NNC(=O)c1ccncc1C)C(Nc1ccc(C(=N)N)cc1)c1ccc(OCCOC)c(OCC)c1. The van der Waals surface area contributed by atoms with Gasteiger partial charge in [-0.3, -0.25) is 20.6 Å². The molecular formula is C28H34N6O4. The summed E-state index contributed by atoms with van der Waals surface area (Å²) < 4.78 is 16.7. The highest BCUT2D eigenvalue weighted by Gasteiger charge is 2.20. The Morgan fingerprint density at radius 1 is 1.08 bits per heavy atom. The van der Waals surface area contributed by atoms with Crippen molar-refractivity contribution in [3.63, 3.8) is 0 Å². The number of carbonyl (C=O) groups is 1. The lowest BCUT2D eigenvalue weighted by Crippen LogP contribution is -2.39. The van der Waals surface area contributed by atoms with Gasteiger partial charge in [-0.1, -0.05) is 12.6 Å². The average molecular weight is 519 g/mol. The third-order valence-corrected chi connectivity index (χ3v) is 5.60. The van der Waals surface area contributed by atoms with Gasteiger partial charge in [0.25, 0.3) is 5.91 Å². The van der Waals surface area contributed by atoms with E-state index in [2.05, 4.69) is 27.7 Å². The predicted octanol–water partition coefficient (Wildman–Crippen LogP) is 3.70. The van der Waals surface area contributed by atoms with Crippen LogP contribution < -0.4 is 31.4 Å². The number of hydrazine groups is 1. The number of ether oxygens (including phenoxy) is 3. The summed E-state index contributed by atoms with van der Waals surface area (Å²) in [6.45, 7) is 9.18. The standard InChI is InChI=1S/C28H34N6O4/c1-5-37-25-16-21(8-11-24(25)38-15-14-36-4)26(32-22-9-6-20(7-10-22)27(29)30)19(3)33-34-28(35)23-12-13-31-17-18(23)2/h6-13,16-17,26,32-33H,3,5,14-15H2,1-2,4H3,(H3,29,30)(H,34,35). The molecule has 6 N–H and O–H groups in total. The Morgan fingerprint density at radius 2 is 1.84 bits per heavy atom. The third kappa shape index (κ3) is 7.47. The van der Waals surface area contributed by atoms with Crippen LogP contribution in [0.5, 0.6) is 11.5 Å². The number of hydrogen-bond donors (Lipinski definition) is 5. The van der Waals surface area contributed by atoms with Gasteiger partial charge in [0.15, 0.2) is 11.5 Å². The van der Waals surface area contributed by atoms with Gasteiger partial charge < -0.3 is 30.7 Å². The molecule has 0 fully saturated rings. The summed E-state index contributed by atoms with van der Waals surface area (Å²) in [5.74, 6) is 0.840. The van der Waals surface area contributed by atoms with Gasteiger partial charge in [0.1, 0.15) is 12.4 Å². The largest absolute Gasteiger partial charge is 0.490 e. The zero-order valence-electron chi connectivity index (χ0n) is 21.8. The Labute approximate surface area is 222 Å². The lowest BCUT2D eigenvalue weighted by Gasteiger charge is -2.25. The van der Waals surface area contributed by atoms with Crippen molar-refractivity contribution >= 4 is 17.4 Å². The van der Waals surface area contributed by atoms with E-state index in [9.17, 15) is 4.79 Å². The topological polar surface area (TPSA) is 144 Å². The van der Waals surface area contributed by atoms with Gasteiger partial charge in [0.2, 0.25) is 0 Å². The van der Waals surface area contributed by atoms with Gasteiger partial charge in [-0.2, -0.15) is 0 Å². The molecule has 0 saturated carbocycles. The molecule has 0 bridgehead atoms. The molecule has 1 amide bonds. The normalized spacial score (nSPS) is 11.2. The molecule has 1 aromatic heterocycles. The van der Waals surface area contributed by atoms with Crippen LogP contribution in [0, 0.1) is 12.3 Å². The van der Waals surface area contributed by atoms with Gasteiger partial charge in [0, 0.05) is 36.3 Å². The van der Waals surface area contributed by atoms with Gasteiger partial charge >= 0.3 is 0 Å². The average Bonchev–Trinajstić information content (AvgIpc) is 2.92. The predicted molar refractivity (Wildman–Crippen MR) is 148 cm³/mol. The van der Waals surface area contributed by atoms with Crippen molar-refractivity contribution in [2.75, 3.05) is 32.2 Å². The smallest absolute Gasteiger partial charge is 0.269 e. The summed E-state index contributed by atoms with van der Waals surface area (Å²) in [5, 5.41) is 11.1. The van der Waals surface area contributed by atoms with E-state index >= 15 is 0 Å². The zero-order valence-corrected chi connectivity index (χ0v) is 21.8. The molecule has 1 unspecified atom stereocenters. The first-order chi connectivity index (χ1) is 18.3. The van der Waals surface area contributed by atoms with Crippen molar-refractivity contribution in [3.8, 4) is 11.5 Å². The molecule has 0 aliphatic rings. The van der Waals surface area contributed by atoms with Crippen LogP contribution in [0.25, 0.3) is 0 Å². The number of pyridine rings is 1. The molecule has 0 aliphatic carbocycles. The molecule has 0 saturated heterocycles. The molecule has 10 nitrogen and oxygen atoms in total. The summed E-state index contributed by atoms with van der Waals surface area (Å²) in [6, 6.07) is 13.9. The molecule has 200 valence electrons. The van der Waals surface area contributed by atoms with E-state index in [-0.39, 0.29) is 11.7 Å². The minimum absolute atomic E-state index is 0.0151. The fourth-order valence-electron chi connectivity index (χ4n) is 3.62. The summed E-state index contributed by atoms with van der Waals surface area (Å²) >= 11 is 0. The number of rotatable bonds is 14. The van der Waals surface area contributed by atoms with Crippen LogP contribution in [0.1, 0.15) is 40.0 Å².